The predicted octanol–water partition coefficient (Wildman–Crippen LogP) is 2.68. The van der Waals surface area contributed by atoms with Crippen molar-refractivity contribution in [2.75, 3.05) is 13.2 Å². The number of carbonyl (C=O) groups excluding carboxylic acids is 2. The first-order chi connectivity index (χ1) is 11.0. The molecule has 0 aliphatic carbocycles. The average molecular weight is 334 g/mol. The SMILES string of the molecule is CCOC(=O)c1ccc(-n2c(C)c(C(=O)OCC)sc2=N)cc1. The van der Waals surface area contributed by atoms with Crippen molar-refractivity contribution in [1.29, 1.82) is 5.41 Å². The van der Waals surface area contributed by atoms with Gasteiger partial charge in [0.15, 0.2) is 4.80 Å². The summed E-state index contributed by atoms with van der Waals surface area (Å²) in [5, 5.41) is 8.08. The Kier molecular flexibility index (Phi) is 5.33. The lowest BCUT2D eigenvalue weighted by atomic mass is 10.2. The zero-order valence-corrected chi connectivity index (χ0v) is 14.0. The Labute approximate surface area is 137 Å². The maximum absolute atomic E-state index is 11.9. The molecule has 0 radical (unpaired) electrons. The highest BCUT2D eigenvalue weighted by Gasteiger charge is 2.18. The molecule has 0 spiro atoms. The number of ether oxygens (including phenoxy) is 2. The van der Waals surface area contributed by atoms with Crippen molar-refractivity contribution >= 4 is 23.3 Å². The van der Waals surface area contributed by atoms with Crippen LogP contribution in [-0.4, -0.2) is 29.7 Å². The van der Waals surface area contributed by atoms with E-state index in [0.717, 1.165) is 11.3 Å². The number of nitrogens with one attached hydrogen (secondary N) is 1. The highest BCUT2D eigenvalue weighted by molar-refractivity contribution is 7.11. The van der Waals surface area contributed by atoms with Crippen molar-refractivity contribution < 1.29 is 19.1 Å². The number of nitrogens with zero attached hydrogens (tertiary/aromatic N) is 1. The fraction of sp³-hybridized carbons (Fsp3) is 0.312. The molecule has 0 atom stereocenters. The average Bonchev–Trinajstić information content (AvgIpc) is 2.83. The van der Waals surface area contributed by atoms with Crippen LogP contribution < -0.4 is 4.80 Å². The van der Waals surface area contributed by atoms with Crippen molar-refractivity contribution in [3.05, 3.63) is 45.2 Å². The van der Waals surface area contributed by atoms with Crippen molar-refractivity contribution in [1.82, 2.24) is 4.57 Å². The minimum absolute atomic E-state index is 0.217. The summed E-state index contributed by atoms with van der Waals surface area (Å²) in [7, 11) is 0. The highest BCUT2D eigenvalue weighted by atomic mass is 32.1. The normalized spacial score (nSPS) is 10.4. The van der Waals surface area contributed by atoms with Gasteiger partial charge in [0, 0.05) is 11.4 Å². The van der Waals surface area contributed by atoms with E-state index in [-0.39, 0.29) is 17.4 Å². The summed E-state index contributed by atoms with van der Waals surface area (Å²) in [5.41, 5.74) is 1.79. The lowest BCUT2D eigenvalue weighted by molar-refractivity contribution is 0.0519. The number of hydrogen-bond donors (Lipinski definition) is 1. The Morgan fingerprint density at radius 1 is 1.09 bits per heavy atom. The maximum Gasteiger partial charge on any atom is 0.350 e. The first-order valence-electron chi connectivity index (χ1n) is 7.21. The number of rotatable bonds is 5. The predicted molar refractivity (Wildman–Crippen MR) is 86.2 cm³/mol. The number of thiazole rings is 1. The fourth-order valence-corrected chi connectivity index (χ4v) is 3.04. The van der Waals surface area contributed by atoms with Crippen LogP contribution in [0.5, 0.6) is 0 Å². The topological polar surface area (TPSA) is 81.4 Å². The van der Waals surface area contributed by atoms with Gasteiger partial charge in [-0.1, -0.05) is 11.3 Å². The number of benzene rings is 1. The van der Waals surface area contributed by atoms with Crippen LogP contribution in [0.15, 0.2) is 24.3 Å². The van der Waals surface area contributed by atoms with E-state index >= 15 is 0 Å². The van der Waals surface area contributed by atoms with E-state index in [1.807, 2.05) is 0 Å². The van der Waals surface area contributed by atoms with Gasteiger partial charge in [-0.2, -0.15) is 0 Å². The van der Waals surface area contributed by atoms with E-state index in [1.165, 1.54) is 0 Å². The van der Waals surface area contributed by atoms with Gasteiger partial charge in [-0.25, -0.2) is 9.59 Å². The van der Waals surface area contributed by atoms with Crippen LogP contribution in [0.4, 0.5) is 0 Å². The van der Waals surface area contributed by atoms with Gasteiger partial charge in [-0.15, -0.1) is 0 Å². The molecule has 0 saturated carbocycles. The maximum atomic E-state index is 11.9. The third-order valence-corrected chi connectivity index (χ3v) is 4.21. The highest BCUT2D eigenvalue weighted by Crippen LogP contribution is 2.18. The first kappa shape index (κ1) is 17.0. The van der Waals surface area contributed by atoms with Gasteiger partial charge < -0.3 is 9.47 Å². The molecular weight excluding hydrogens is 316 g/mol. The van der Waals surface area contributed by atoms with Gasteiger partial charge >= 0.3 is 11.9 Å². The number of carbonyl (C=O) groups is 2. The van der Waals surface area contributed by atoms with Crippen LogP contribution in [-0.2, 0) is 9.47 Å². The monoisotopic (exact) mass is 334 g/mol. The van der Waals surface area contributed by atoms with Gasteiger partial charge in [-0.3, -0.25) is 9.98 Å². The Balaban J connectivity index is 2.37. The molecule has 0 saturated heterocycles. The molecule has 0 unspecified atom stereocenters. The number of hydrogen-bond acceptors (Lipinski definition) is 6. The van der Waals surface area contributed by atoms with E-state index < -0.39 is 5.97 Å². The molecule has 2 rings (SSSR count). The van der Waals surface area contributed by atoms with Crippen molar-refractivity contribution in [2.45, 2.75) is 20.8 Å². The van der Waals surface area contributed by atoms with Crippen LogP contribution in [0.3, 0.4) is 0 Å². The van der Waals surface area contributed by atoms with Crippen LogP contribution in [0.25, 0.3) is 5.69 Å². The molecule has 0 aliphatic rings. The second kappa shape index (κ2) is 7.23. The third-order valence-electron chi connectivity index (χ3n) is 3.16. The second-order valence-electron chi connectivity index (χ2n) is 4.64. The van der Waals surface area contributed by atoms with Crippen LogP contribution in [0.2, 0.25) is 0 Å². The van der Waals surface area contributed by atoms with Crippen molar-refractivity contribution in [3.63, 3.8) is 0 Å². The van der Waals surface area contributed by atoms with E-state index in [4.69, 9.17) is 14.9 Å². The molecule has 1 heterocycles. The summed E-state index contributed by atoms with van der Waals surface area (Å²) in [4.78, 5) is 24.2. The fourth-order valence-electron chi connectivity index (χ4n) is 2.13. The summed E-state index contributed by atoms with van der Waals surface area (Å²) in [5.74, 6) is -0.810. The number of esters is 2. The molecule has 0 fully saturated rings. The van der Waals surface area contributed by atoms with Crippen LogP contribution in [0.1, 0.15) is 39.6 Å². The molecule has 0 amide bonds. The van der Waals surface area contributed by atoms with Gasteiger partial charge in [0.25, 0.3) is 0 Å². The Morgan fingerprint density at radius 2 is 1.65 bits per heavy atom. The molecule has 1 aromatic carbocycles. The van der Waals surface area contributed by atoms with Crippen molar-refractivity contribution in [3.8, 4) is 5.69 Å². The van der Waals surface area contributed by atoms with Gasteiger partial charge in [0.1, 0.15) is 4.88 Å². The molecule has 1 aromatic heterocycles. The quantitative estimate of drug-likeness (QED) is 0.852. The second-order valence-corrected chi connectivity index (χ2v) is 5.64. The minimum atomic E-state index is -0.426. The van der Waals surface area contributed by atoms with Gasteiger partial charge in [-0.05, 0) is 45.0 Å². The molecule has 122 valence electrons. The summed E-state index contributed by atoms with van der Waals surface area (Å²) in [6, 6.07) is 6.72. The largest absolute Gasteiger partial charge is 0.462 e. The third kappa shape index (κ3) is 3.50. The van der Waals surface area contributed by atoms with Gasteiger partial charge in [0.2, 0.25) is 0 Å². The van der Waals surface area contributed by atoms with Crippen molar-refractivity contribution in [2.24, 2.45) is 0 Å². The Hall–Kier alpha value is -2.41. The summed E-state index contributed by atoms with van der Waals surface area (Å²) >= 11 is 1.07. The van der Waals surface area contributed by atoms with Gasteiger partial charge in [0.05, 0.1) is 18.8 Å². The lowest BCUT2D eigenvalue weighted by Crippen LogP contribution is -2.13. The van der Waals surface area contributed by atoms with Crippen LogP contribution in [0, 0.1) is 12.3 Å². The molecule has 0 bridgehead atoms. The molecule has 2 aromatic rings. The van der Waals surface area contributed by atoms with Crippen LogP contribution >= 0.6 is 11.3 Å². The molecule has 7 heteroatoms. The van der Waals surface area contributed by atoms with E-state index in [9.17, 15) is 9.59 Å². The lowest BCUT2D eigenvalue weighted by Gasteiger charge is -2.08. The first-order valence-corrected chi connectivity index (χ1v) is 8.02. The zero-order valence-electron chi connectivity index (χ0n) is 13.2. The molecular formula is C16H18N2O4S. The summed E-state index contributed by atoms with van der Waals surface area (Å²) in [6.45, 7) is 5.86. The summed E-state index contributed by atoms with van der Waals surface area (Å²) in [6.07, 6.45) is 0. The smallest absolute Gasteiger partial charge is 0.350 e. The number of aromatic nitrogens is 1. The molecule has 0 aliphatic heterocycles. The Bertz CT molecular complexity index is 774. The molecule has 1 N–H and O–H groups in total. The standard InChI is InChI=1S/C16H18N2O4S/c1-4-21-14(19)11-6-8-12(9-7-11)18-10(3)13(23-16(18)17)15(20)22-5-2/h6-9,17H,4-5H2,1-3H3. The van der Waals surface area contributed by atoms with E-state index in [2.05, 4.69) is 0 Å². The molecule has 23 heavy (non-hydrogen) atoms. The Morgan fingerprint density at radius 3 is 2.22 bits per heavy atom. The zero-order chi connectivity index (χ0) is 17.0. The van der Waals surface area contributed by atoms with E-state index in [1.54, 1.807) is 49.6 Å². The minimum Gasteiger partial charge on any atom is -0.462 e. The molecule has 6 nitrogen and oxygen atoms in total. The summed E-state index contributed by atoms with van der Waals surface area (Å²) < 4.78 is 11.6. The van der Waals surface area contributed by atoms with E-state index in [0.29, 0.717) is 28.4 Å².